The van der Waals surface area contributed by atoms with Crippen molar-refractivity contribution in [3.05, 3.63) is 270 Å². The number of rotatable bonds is 7. The van der Waals surface area contributed by atoms with Gasteiger partial charge in [0.1, 0.15) is 0 Å². The van der Waals surface area contributed by atoms with Crippen LogP contribution in [0.1, 0.15) is 46.2 Å². The summed E-state index contributed by atoms with van der Waals surface area (Å²) in [5, 5.41) is 2.48. The van der Waals surface area contributed by atoms with E-state index in [1.807, 2.05) is 0 Å². The molecule has 0 fully saturated rings. The first kappa shape index (κ1) is 36.1. The normalized spacial score (nSPS) is 14.2. The third-order valence-corrected chi connectivity index (χ3v) is 13.6. The maximum atomic E-state index is 2.55. The monoisotopic (exact) mass is 789 g/mol. The molecule has 1 atom stereocenters. The summed E-state index contributed by atoms with van der Waals surface area (Å²) in [6.45, 7) is 2.36. The largest absolute Gasteiger partial charge is 0.310 e. The fraction of sp³-hybridized carbons (Fsp3) is 0.0492. The van der Waals surface area contributed by atoms with Crippen molar-refractivity contribution in [3.8, 4) is 44.5 Å². The van der Waals surface area contributed by atoms with Crippen LogP contribution in [0.5, 0.6) is 0 Å². The number of nitrogens with zero attached hydrogens (tertiary/aromatic N) is 1. The molecule has 292 valence electrons. The van der Waals surface area contributed by atoms with Crippen molar-refractivity contribution >= 4 is 27.8 Å². The molecule has 0 bridgehead atoms. The molecule has 12 rings (SSSR count). The van der Waals surface area contributed by atoms with Crippen molar-refractivity contribution in [1.29, 1.82) is 0 Å². The van der Waals surface area contributed by atoms with Gasteiger partial charge in [-0.2, -0.15) is 0 Å². The Bertz CT molecular complexity index is 3240. The van der Waals surface area contributed by atoms with Gasteiger partial charge in [-0.05, 0) is 113 Å². The summed E-state index contributed by atoms with van der Waals surface area (Å²) in [6, 6.07) is 87.9. The first-order valence-electron chi connectivity index (χ1n) is 21.8. The zero-order valence-corrected chi connectivity index (χ0v) is 34.5. The molecule has 1 unspecified atom stereocenters. The Kier molecular flexibility index (Phi) is 8.43. The van der Waals surface area contributed by atoms with Crippen LogP contribution in [0.25, 0.3) is 55.3 Å². The molecule has 2 aliphatic rings. The summed E-state index contributed by atoms with van der Waals surface area (Å²) in [4.78, 5) is 2.55. The zero-order chi connectivity index (χ0) is 41.2. The van der Waals surface area contributed by atoms with Crippen LogP contribution >= 0.6 is 0 Å². The second-order valence-corrected chi connectivity index (χ2v) is 16.8. The van der Waals surface area contributed by atoms with E-state index < -0.39 is 5.41 Å². The second kappa shape index (κ2) is 14.5. The highest BCUT2D eigenvalue weighted by molar-refractivity contribution is 6.11. The summed E-state index contributed by atoms with van der Waals surface area (Å²) in [5.74, 6) is 0.278. The highest BCUT2D eigenvalue weighted by Gasteiger charge is 2.49. The van der Waals surface area contributed by atoms with E-state index in [0.717, 1.165) is 17.1 Å². The van der Waals surface area contributed by atoms with Crippen LogP contribution in [0.15, 0.2) is 237 Å². The van der Waals surface area contributed by atoms with Crippen LogP contribution in [0.3, 0.4) is 0 Å². The van der Waals surface area contributed by atoms with Gasteiger partial charge in [0, 0.05) is 22.9 Å². The molecule has 10 aromatic carbocycles. The van der Waals surface area contributed by atoms with Crippen LogP contribution < -0.4 is 4.90 Å². The molecular weight excluding hydrogens is 747 g/mol. The van der Waals surface area contributed by atoms with Gasteiger partial charge in [0.25, 0.3) is 0 Å². The molecule has 0 heterocycles. The lowest BCUT2D eigenvalue weighted by molar-refractivity contribution is 0.775. The molecule has 0 N–H and O–H groups in total. The predicted molar refractivity (Wildman–Crippen MR) is 260 cm³/mol. The Morgan fingerprint density at radius 2 is 0.903 bits per heavy atom. The molecule has 0 saturated carbocycles. The molecule has 0 radical (unpaired) electrons. The molecule has 2 aliphatic carbocycles. The molecule has 10 aromatic rings. The molecule has 0 spiro atoms. The minimum atomic E-state index is -0.602. The Balaban J connectivity index is 1.23. The number of anilines is 3. The molecule has 1 nitrogen and oxygen atoms in total. The first-order chi connectivity index (χ1) is 30.7. The van der Waals surface area contributed by atoms with Crippen molar-refractivity contribution in [1.82, 2.24) is 0 Å². The van der Waals surface area contributed by atoms with Crippen molar-refractivity contribution in [3.63, 3.8) is 0 Å². The highest BCUT2D eigenvalue weighted by atomic mass is 15.1. The lowest BCUT2D eigenvalue weighted by Crippen LogP contribution is -2.29. The lowest BCUT2D eigenvalue weighted by Gasteiger charge is -2.36. The van der Waals surface area contributed by atoms with Gasteiger partial charge in [-0.1, -0.05) is 213 Å². The fourth-order valence-corrected chi connectivity index (χ4v) is 10.9. The third-order valence-electron chi connectivity index (χ3n) is 13.6. The number of benzene rings is 10. The quantitative estimate of drug-likeness (QED) is 0.155. The summed E-state index contributed by atoms with van der Waals surface area (Å²) >= 11 is 0. The second-order valence-electron chi connectivity index (χ2n) is 16.8. The molecule has 0 amide bonds. The summed E-state index contributed by atoms with van der Waals surface area (Å²) in [6.07, 6.45) is 0. The average molecular weight is 790 g/mol. The highest BCUT2D eigenvalue weighted by Crippen LogP contribution is 2.62. The van der Waals surface area contributed by atoms with Crippen LogP contribution in [-0.4, -0.2) is 0 Å². The summed E-state index contributed by atoms with van der Waals surface area (Å²) in [5.41, 5.74) is 20.7. The van der Waals surface area contributed by atoms with Crippen molar-refractivity contribution in [2.45, 2.75) is 18.3 Å². The van der Waals surface area contributed by atoms with E-state index in [2.05, 4.69) is 248 Å². The molecule has 0 saturated heterocycles. The Hall–Kier alpha value is -7.74. The zero-order valence-electron chi connectivity index (χ0n) is 34.5. The average Bonchev–Trinajstić information content (AvgIpc) is 3.82. The van der Waals surface area contributed by atoms with Crippen LogP contribution in [0.2, 0.25) is 0 Å². The first-order valence-corrected chi connectivity index (χ1v) is 21.8. The van der Waals surface area contributed by atoms with Crippen molar-refractivity contribution < 1.29 is 0 Å². The van der Waals surface area contributed by atoms with E-state index in [0.29, 0.717) is 0 Å². The van der Waals surface area contributed by atoms with Gasteiger partial charge in [0.05, 0.1) is 11.1 Å². The number of fused-ring (bicyclic) bond motifs is 8. The van der Waals surface area contributed by atoms with E-state index in [-0.39, 0.29) is 5.92 Å². The van der Waals surface area contributed by atoms with E-state index in [4.69, 9.17) is 0 Å². The fourth-order valence-electron chi connectivity index (χ4n) is 10.9. The van der Waals surface area contributed by atoms with Crippen molar-refractivity contribution in [2.24, 2.45) is 0 Å². The molecule has 1 heteroatoms. The predicted octanol–water partition coefficient (Wildman–Crippen LogP) is 16.1. The van der Waals surface area contributed by atoms with E-state index >= 15 is 0 Å². The van der Waals surface area contributed by atoms with Gasteiger partial charge >= 0.3 is 0 Å². The maximum Gasteiger partial charge on any atom is 0.0720 e. The topological polar surface area (TPSA) is 3.24 Å². The van der Waals surface area contributed by atoms with Gasteiger partial charge < -0.3 is 4.90 Å². The van der Waals surface area contributed by atoms with Gasteiger partial charge in [0.2, 0.25) is 0 Å². The van der Waals surface area contributed by atoms with Gasteiger partial charge in [-0.3, -0.25) is 0 Å². The summed E-state index contributed by atoms with van der Waals surface area (Å²) < 4.78 is 0. The third kappa shape index (κ3) is 5.41. The smallest absolute Gasteiger partial charge is 0.0720 e. The van der Waals surface area contributed by atoms with Crippen LogP contribution in [0.4, 0.5) is 17.1 Å². The summed E-state index contributed by atoms with van der Waals surface area (Å²) in [7, 11) is 0. The minimum absolute atomic E-state index is 0.278. The maximum absolute atomic E-state index is 2.55. The van der Waals surface area contributed by atoms with Gasteiger partial charge in [-0.25, -0.2) is 0 Å². The van der Waals surface area contributed by atoms with E-state index in [9.17, 15) is 0 Å². The van der Waals surface area contributed by atoms with Crippen molar-refractivity contribution in [2.75, 3.05) is 4.90 Å². The molecule has 62 heavy (non-hydrogen) atoms. The Labute approximate surface area is 363 Å². The minimum Gasteiger partial charge on any atom is -0.310 e. The van der Waals surface area contributed by atoms with Gasteiger partial charge in [-0.15, -0.1) is 0 Å². The van der Waals surface area contributed by atoms with Gasteiger partial charge in [0.15, 0.2) is 0 Å². The number of hydrogen-bond donors (Lipinski definition) is 0. The number of hydrogen-bond acceptors (Lipinski definition) is 1. The lowest BCUT2D eigenvalue weighted by atomic mass is 9.66. The van der Waals surface area contributed by atoms with E-state index in [1.165, 1.54) is 88.7 Å². The Morgan fingerprint density at radius 3 is 1.60 bits per heavy atom. The Morgan fingerprint density at radius 1 is 0.371 bits per heavy atom. The molecule has 0 aromatic heterocycles. The van der Waals surface area contributed by atoms with Crippen LogP contribution in [0, 0.1) is 0 Å². The standard InChI is InChI=1S/C61H43N/c1-41-49-27-14-15-28-51(49)52-38-37-48(39-55(41)52)62(47-35-33-43(34-36-47)42-19-6-2-7-20-42)58-40-56-50(44-21-8-3-9-22-44)30-18-31-53(56)60-59(58)54-29-16-17-32-57(54)61(60,45-23-10-4-11-24-45)46-25-12-5-13-26-46/h2-41H,1H3. The van der Waals surface area contributed by atoms with Crippen LogP contribution in [-0.2, 0) is 5.41 Å². The molecule has 0 aliphatic heterocycles. The van der Waals surface area contributed by atoms with E-state index in [1.54, 1.807) is 0 Å². The SMILES string of the molecule is CC1c2ccccc2-c2ccc(N(c3ccc(-c4ccccc4)cc3)c3cc4c(-c5ccccc5)cccc4c4c3-c3ccccc3C4(c3ccccc3)c3ccccc3)cc21. The molecular formula is C61H43N.